The van der Waals surface area contributed by atoms with Gasteiger partial charge < -0.3 is 18.9 Å². The first-order valence-electron chi connectivity index (χ1n) is 8.68. The lowest BCUT2D eigenvalue weighted by molar-refractivity contribution is -0.157. The largest absolute Gasteiger partial charge is 0.464 e. The van der Waals surface area contributed by atoms with Gasteiger partial charge in [-0.05, 0) is 13.8 Å². The molecule has 1 unspecified atom stereocenters. The number of rotatable bonds is 10. The quantitative estimate of drug-likeness (QED) is 0.324. The predicted molar refractivity (Wildman–Crippen MR) is 105 cm³/mol. The van der Waals surface area contributed by atoms with E-state index in [-0.39, 0.29) is 43.0 Å². The third-order valence-electron chi connectivity index (χ3n) is 4.29. The average molecular weight is 410 g/mol. The van der Waals surface area contributed by atoms with E-state index in [1.54, 1.807) is 7.11 Å². The van der Waals surface area contributed by atoms with Gasteiger partial charge in [0, 0.05) is 39.1 Å². The zero-order valence-corrected chi connectivity index (χ0v) is 17.8. The van der Waals surface area contributed by atoms with Crippen LogP contribution in [-0.2, 0) is 28.5 Å². The van der Waals surface area contributed by atoms with E-state index in [0.717, 1.165) is 0 Å². The number of carbonyl (C=O) groups is 2. The topological polar surface area (TPSA) is 74.3 Å². The van der Waals surface area contributed by atoms with Crippen molar-refractivity contribution in [3.8, 4) is 0 Å². The number of piperidine rings is 1. The van der Waals surface area contributed by atoms with Crippen molar-refractivity contribution in [3.05, 3.63) is 0 Å². The average Bonchev–Trinajstić information content (AvgIpc) is 2.52. The lowest BCUT2D eigenvalue weighted by Crippen LogP contribution is -2.61. The van der Waals surface area contributed by atoms with Crippen molar-refractivity contribution in [2.24, 2.45) is 0 Å². The van der Waals surface area contributed by atoms with Gasteiger partial charge in [0.15, 0.2) is 0 Å². The van der Waals surface area contributed by atoms with E-state index in [2.05, 4.69) is 30.2 Å². The molecule has 26 heavy (non-hydrogen) atoms. The van der Waals surface area contributed by atoms with Crippen molar-refractivity contribution in [1.29, 1.82) is 0 Å². The zero-order valence-electron chi connectivity index (χ0n) is 16.0. The summed E-state index contributed by atoms with van der Waals surface area (Å²) in [6.45, 7) is 5.48. The Labute approximate surface area is 166 Å². The van der Waals surface area contributed by atoms with E-state index in [1.807, 2.05) is 13.8 Å². The summed E-state index contributed by atoms with van der Waals surface area (Å²) in [5.74, 6) is -0.582. The van der Waals surface area contributed by atoms with Crippen LogP contribution >= 0.6 is 25.3 Å². The second-order valence-electron chi connectivity index (χ2n) is 6.96. The first kappa shape index (κ1) is 23.6. The molecule has 7 nitrogen and oxygen atoms in total. The Morgan fingerprint density at radius 3 is 2.12 bits per heavy atom. The third-order valence-corrected chi connectivity index (χ3v) is 5.14. The normalized spacial score (nSPS) is 22.0. The molecule has 9 heteroatoms. The molecule has 152 valence electrons. The van der Waals surface area contributed by atoms with Gasteiger partial charge in [0.25, 0.3) is 0 Å². The highest BCUT2D eigenvalue weighted by atomic mass is 32.2. The highest BCUT2D eigenvalue weighted by molar-refractivity contribution is 8.00. The molecule has 0 amide bonds. The van der Waals surface area contributed by atoms with Crippen LogP contribution in [0.1, 0.15) is 39.5 Å². The number of esters is 2. The summed E-state index contributed by atoms with van der Waals surface area (Å²) in [6, 6.07) is 0. The van der Waals surface area contributed by atoms with Crippen LogP contribution in [-0.4, -0.2) is 73.3 Å². The molecule has 0 aromatic rings. The number of carbonyl (C=O) groups excluding carboxylic acids is 2. The molecule has 1 aliphatic heterocycles. The lowest BCUT2D eigenvalue weighted by atomic mass is 9.88. The standard InChI is InChI=1S/C17H31NO6S2/c1-16(2)11-13(24-15(20)6-9-22-4)12-17(25,26)18(16)7-10-23-14(19)5-8-21-3/h13,25-26H,5-12H2,1-4H3. The summed E-state index contributed by atoms with van der Waals surface area (Å²) in [7, 11) is 3.08. The SMILES string of the molecule is COCCC(=O)OCCN1C(C)(C)CC(OC(=O)CCOC)CC1(S)S. The fourth-order valence-electron chi connectivity index (χ4n) is 3.14. The molecule has 0 aromatic heterocycles. The second-order valence-corrected chi connectivity index (χ2v) is 8.80. The maximum absolute atomic E-state index is 11.9. The van der Waals surface area contributed by atoms with Gasteiger partial charge in [-0.15, -0.1) is 25.3 Å². The molecule has 1 saturated heterocycles. The van der Waals surface area contributed by atoms with Gasteiger partial charge in [-0.25, -0.2) is 0 Å². The van der Waals surface area contributed by atoms with Gasteiger partial charge in [0.2, 0.25) is 0 Å². The maximum atomic E-state index is 11.9. The number of nitrogens with zero attached hydrogens (tertiary/aromatic N) is 1. The highest BCUT2D eigenvalue weighted by Crippen LogP contribution is 2.44. The Bertz CT molecular complexity index is 454. The molecular formula is C17H31NO6S2. The van der Waals surface area contributed by atoms with Gasteiger partial charge in [-0.3, -0.25) is 14.5 Å². The van der Waals surface area contributed by atoms with Gasteiger partial charge in [0.1, 0.15) is 16.9 Å². The van der Waals surface area contributed by atoms with Crippen molar-refractivity contribution in [2.75, 3.05) is 40.6 Å². The number of ether oxygens (including phenoxy) is 4. The van der Waals surface area contributed by atoms with Gasteiger partial charge in [0.05, 0.1) is 26.1 Å². The fourth-order valence-corrected chi connectivity index (χ4v) is 4.29. The molecule has 1 fully saturated rings. The van der Waals surface area contributed by atoms with E-state index >= 15 is 0 Å². The summed E-state index contributed by atoms with van der Waals surface area (Å²) in [6.07, 6.45) is 1.29. The van der Waals surface area contributed by atoms with E-state index in [9.17, 15) is 9.59 Å². The zero-order chi connectivity index (χ0) is 19.8. The van der Waals surface area contributed by atoms with Gasteiger partial charge in [-0.1, -0.05) is 0 Å². The van der Waals surface area contributed by atoms with Crippen molar-refractivity contribution in [3.63, 3.8) is 0 Å². The highest BCUT2D eigenvalue weighted by Gasteiger charge is 2.47. The molecule has 0 radical (unpaired) electrons. The summed E-state index contributed by atoms with van der Waals surface area (Å²) >= 11 is 9.35. The van der Waals surface area contributed by atoms with E-state index in [4.69, 9.17) is 18.9 Å². The molecule has 0 N–H and O–H groups in total. The molecule has 1 atom stereocenters. The van der Waals surface area contributed by atoms with Crippen molar-refractivity contribution < 1.29 is 28.5 Å². The molecule has 1 aliphatic rings. The molecule has 0 saturated carbocycles. The molecule has 0 spiro atoms. The monoisotopic (exact) mass is 409 g/mol. The van der Waals surface area contributed by atoms with Crippen LogP contribution in [0.25, 0.3) is 0 Å². The predicted octanol–water partition coefficient (Wildman–Crippen LogP) is 1.90. The van der Waals surface area contributed by atoms with Gasteiger partial charge >= 0.3 is 11.9 Å². The minimum Gasteiger partial charge on any atom is -0.464 e. The molecule has 1 heterocycles. The molecule has 0 aromatic carbocycles. The Hall–Kier alpha value is -0.480. The number of hydrogen-bond acceptors (Lipinski definition) is 9. The van der Waals surface area contributed by atoms with Gasteiger partial charge in [-0.2, -0.15) is 0 Å². The molecule has 0 aliphatic carbocycles. The summed E-state index contributed by atoms with van der Waals surface area (Å²) < 4.78 is 19.8. The van der Waals surface area contributed by atoms with Crippen LogP contribution in [0.4, 0.5) is 0 Å². The summed E-state index contributed by atoms with van der Waals surface area (Å²) in [5, 5.41) is 0. The van der Waals surface area contributed by atoms with Crippen molar-refractivity contribution >= 4 is 37.2 Å². The van der Waals surface area contributed by atoms with Crippen LogP contribution in [0.5, 0.6) is 0 Å². The Morgan fingerprint density at radius 1 is 1.00 bits per heavy atom. The maximum Gasteiger partial charge on any atom is 0.308 e. The molecule has 0 bridgehead atoms. The molecule has 1 rings (SSSR count). The number of hydrogen-bond donors (Lipinski definition) is 2. The Kier molecular flexibility index (Phi) is 9.74. The second kappa shape index (κ2) is 10.8. The van der Waals surface area contributed by atoms with Crippen molar-refractivity contribution in [1.82, 2.24) is 4.90 Å². The van der Waals surface area contributed by atoms with E-state index in [0.29, 0.717) is 32.6 Å². The fraction of sp³-hybridized carbons (Fsp3) is 0.882. The number of likely N-dealkylation sites (tertiary alicyclic amines) is 1. The smallest absolute Gasteiger partial charge is 0.308 e. The van der Waals surface area contributed by atoms with Crippen LogP contribution in [0.3, 0.4) is 0 Å². The summed E-state index contributed by atoms with van der Waals surface area (Å²) in [4.78, 5) is 25.5. The van der Waals surface area contributed by atoms with Crippen LogP contribution < -0.4 is 0 Å². The Morgan fingerprint density at radius 2 is 1.58 bits per heavy atom. The minimum absolute atomic E-state index is 0.223. The molecular weight excluding hydrogens is 378 g/mol. The van der Waals surface area contributed by atoms with E-state index < -0.39 is 4.20 Å². The first-order valence-corrected chi connectivity index (χ1v) is 9.57. The van der Waals surface area contributed by atoms with Crippen LogP contribution in [0.2, 0.25) is 0 Å². The third kappa shape index (κ3) is 7.64. The first-order chi connectivity index (χ1) is 12.1. The minimum atomic E-state index is -0.785. The Balaban J connectivity index is 2.58. The number of thiol groups is 2. The van der Waals surface area contributed by atoms with E-state index in [1.165, 1.54) is 7.11 Å². The lowest BCUT2D eigenvalue weighted by Gasteiger charge is -2.53. The van der Waals surface area contributed by atoms with Crippen LogP contribution in [0.15, 0.2) is 0 Å². The summed E-state index contributed by atoms with van der Waals surface area (Å²) in [5.41, 5.74) is -0.326. The van der Waals surface area contributed by atoms with Crippen molar-refractivity contribution in [2.45, 2.75) is 55.4 Å². The van der Waals surface area contributed by atoms with Crippen LogP contribution in [0, 0.1) is 0 Å². The number of methoxy groups -OCH3 is 2.